The molecule has 1 amide bonds. The molecule has 0 unspecified atom stereocenters. The molecule has 2 aromatic rings. The van der Waals surface area contributed by atoms with Crippen LogP contribution in [0.1, 0.15) is 25.0 Å². The summed E-state index contributed by atoms with van der Waals surface area (Å²) in [5.41, 5.74) is 1.75. The summed E-state index contributed by atoms with van der Waals surface area (Å²) in [5, 5.41) is 2.75. The summed E-state index contributed by atoms with van der Waals surface area (Å²) in [6.07, 6.45) is -0.519. The molecule has 5 nitrogen and oxygen atoms in total. The van der Waals surface area contributed by atoms with Crippen molar-refractivity contribution in [2.75, 3.05) is 19.8 Å². The summed E-state index contributed by atoms with van der Waals surface area (Å²) in [4.78, 5) is 12.1. The molecule has 0 saturated carbocycles. The summed E-state index contributed by atoms with van der Waals surface area (Å²) >= 11 is 3.42. The minimum Gasteiger partial charge on any atom is -0.445 e. The van der Waals surface area contributed by atoms with Crippen LogP contribution in [0.15, 0.2) is 59.1 Å². The standard InChI is InChI=1S/C20H24BrNO4/c1-3-25-20(26-4-2,17-10-12-18(21)13-11-17)15-22-19(23)24-14-16-8-6-5-7-9-16/h5-13H,3-4,14-15H2,1-2H3,(H,22,23). The number of halogens is 1. The number of amides is 1. The van der Waals surface area contributed by atoms with Gasteiger partial charge in [0.15, 0.2) is 0 Å². The molecule has 26 heavy (non-hydrogen) atoms. The van der Waals surface area contributed by atoms with E-state index in [9.17, 15) is 4.79 Å². The maximum atomic E-state index is 12.1. The molecule has 0 spiro atoms. The molecule has 2 aromatic carbocycles. The maximum Gasteiger partial charge on any atom is 0.407 e. The Labute approximate surface area is 162 Å². The molecule has 6 heteroatoms. The number of hydrogen-bond acceptors (Lipinski definition) is 4. The molecule has 0 aliphatic carbocycles. The quantitative estimate of drug-likeness (QED) is 0.600. The number of nitrogens with one attached hydrogen (secondary N) is 1. The van der Waals surface area contributed by atoms with Gasteiger partial charge in [-0.25, -0.2) is 4.79 Å². The van der Waals surface area contributed by atoms with Crippen LogP contribution < -0.4 is 5.32 Å². The van der Waals surface area contributed by atoms with Gasteiger partial charge in [0.2, 0.25) is 5.79 Å². The first kappa shape index (κ1) is 20.4. The van der Waals surface area contributed by atoms with Crippen molar-refractivity contribution in [3.8, 4) is 0 Å². The van der Waals surface area contributed by atoms with Crippen molar-refractivity contribution < 1.29 is 19.0 Å². The van der Waals surface area contributed by atoms with Crippen LogP contribution in [0.2, 0.25) is 0 Å². The van der Waals surface area contributed by atoms with Crippen molar-refractivity contribution in [1.29, 1.82) is 0 Å². The summed E-state index contributed by atoms with van der Waals surface area (Å²) in [6, 6.07) is 17.2. The topological polar surface area (TPSA) is 56.8 Å². The van der Waals surface area contributed by atoms with Crippen LogP contribution in [0, 0.1) is 0 Å². The molecule has 0 aromatic heterocycles. The highest BCUT2D eigenvalue weighted by Gasteiger charge is 2.34. The molecular formula is C20H24BrNO4. The first-order valence-electron chi connectivity index (χ1n) is 8.58. The van der Waals surface area contributed by atoms with Crippen LogP contribution in [-0.2, 0) is 26.6 Å². The van der Waals surface area contributed by atoms with Crippen LogP contribution in [0.5, 0.6) is 0 Å². The highest BCUT2D eigenvalue weighted by molar-refractivity contribution is 9.10. The van der Waals surface area contributed by atoms with Crippen molar-refractivity contribution in [1.82, 2.24) is 5.32 Å². The van der Waals surface area contributed by atoms with Gasteiger partial charge in [0.25, 0.3) is 0 Å². The average Bonchev–Trinajstić information content (AvgIpc) is 2.66. The number of rotatable bonds is 9. The Morgan fingerprint density at radius 1 is 1.00 bits per heavy atom. The lowest BCUT2D eigenvalue weighted by molar-refractivity contribution is -0.238. The molecule has 0 saturated heterocycles. The highest BCUT2D eigenvalue weighted by Crippen LogP contribution is 2.28. The molecule has 0 aliphatic heterocycles. The summed E-state index contributed by atoms with van der Waals surface area (Å²) in [7, 11) is 0. The Morgan fingerprint density at radius 3 is 2.19 bits per heavy atom. The minimum atomic E-state index is -1.06. The molecule has 0 radical (unpaired) electrons. The van der Waals surface area contributed by atoms with E-state index in [2.05, 4.69) is 21.2 Å². The number of alkyl carbamates (subject to hydrolysis) is 1. The van der Waals surface area contributed by atoms with E-state index < -0.39 is 11.9 Å². The Balaban J connectivity index is 2.03. The first-order chi connectivity index (χ1) is 12.6. The maximum absolute atomic E-state index is 12.1. The van der Waals surface area contributed by atoms with E-state index in [0.717, 1.165) is 15.6 Å². The van der Waals surface area contributed by atoms with E-state index in [-0.39, 0.29) is 13.2 Å². The van der Waals surface area contributed by atoms with Gasteiger partial charge in [0.1, 0.15) is 6.61 Å². The lowest BCUT2D eigenvalue weighted by Crippen LogP contribution is -2.45. The van der Waals surface area contributed by atoms with Crippen LogP contribution in [0.3, 0.4) is 0 Å². The Hall–Kier alpha value is -1.89. The number of carbonyl (C=O) groups is 1. The zero-order chi connectivity index (χ0) is 18.8. The van der Waals surface area contributed by atoms with Crippen LogP contribution in [-0.4, -0.2) is 25.9 Å². The van der Waals surface area contributed by atoms with Gasteiger partial charge in [-0.15, -0.1) is 0 Å². The summed E-state index contributed by atoms with van der Waals surface area (Å²) in [6.45, 7) is 5.01. The molecule has 1 N–H and O–H groups in total. The average molecular weight is 422 g/mol. The SMILES string of the molecule is CCOC(CNC(=O)OCc1ccccc1)(OCC)c1ccc(Br)cc1. The van der Waals surface area contributed by atoms with Gasteiger partial charge in [-0.05, 0) is 31.5 Å². The fourth-order valence-electron chi connectivity index (χ4n) is 2.55. The largest absolute Gasteiger partial charge is 0.445 e. The van der Waals surface area contributed by atoms with Gasteiger partial charge in [0.05, 0.1) is 6.54 Å². The van der Waals surface area contributed by atoms with E-state index >= 15 is 0 Å². The Morgan fingerprint density at radius 2 is 1.62 bits per heavy atom. The lowest BCUT2D eigenvalue weighted by atomic mass is 10.1. The van der Waals surface area contributed by atoms with Gasteiger partial charge in [-0.3, -0.25) is 0 Å². The van der Waals surface area contributed by atoms with E-state index in [4.69, 9.17) is 14.2 Å². The van der Waals surface area contributed by atoms with E-state index in [1.165, 1.54) is 0 Å². The van der Waals surface area contributed by atoms with Gasteiger partial charge in [-0.1, -0.05) is 58.4 Å². The first-order valence-corrected chi connectivity index (χ1v) is 9.37. The predicted octanol–water partition coefficient (Wildman–Crippen LogP) is 4.60. The van der Waals surface area contributed by atoms with Crippen molar-refractivity contribution in [3.05, 3.63) is 70.2 Å². The zero-order valence-corrected chi connectivity index (χ0v) is 16.6. The van der Waals surface area contributed by atoms with E-state index in [1.54, 1.807) is 0 Å². The molecular weight excluding hydrogens is 398 g/mol. The minimum absolute atomic E-state index is 0.143. The third kappa shape index (κ3) is 5.83. The molecule has 0 aliphatic rings. The molecule has 140 valence electrons. The summed E-state index contributed by atoms with van der Waals surface area (Å²) in [5.74, 6) is -1.06. The second kappa shape index (κ2) is 10.3. The molecule has 2 rings (SSSR count). The van der Waals surface area contributed by atoms with Crippen molar-refractivity contribution in [3.63, 3.8) is 0 Å². The monoisotopic (exact) mass is 421 g/mol. The number of benzene rings is 2. The fourth-order valence-corrected chi connectivity index (χ4v) is 2.81. The Kier molecular flexibility index (Phi) is 8.09. The third-order valence-electron chi connectivity index (χ3n) is 3.72. The van der Waals surface area contributed by atoms with Crippen molar-refractivity contribution >= 4 is 22.0 Å². The molecule has 0 heterocycles. The van der Waals surface area contributed by atoms with Gasteiger partial charge in [-0.2, -0.15) is 0 Å². The highest BCUT2D eigenvalue weighted by atomic mass is 79.9. The van der Waals surface area contributed by atoms with Gasteiger partial charge in [0, 0.05) is 23.2 Å². The zero-order valence-electron chi connectivity index (χ0n) is 15.0. The smallest absolute Gasteiger partial charge is 0.407 e. The van der Waals surface area contributed by atoms with Gasteiger partial charge < -0.3 is 19.5 Å². The van der Waals surface area contributed by atoms with Gasteiger partial charge >= 0.3 is 6.09 Å². The predicted molar refractivity (Wildman–Crippen MR) is 104 cm³/mol. The Bertz CT molecular complexity index is 670. The van der Waals surface area contributed by atoms with Crippen molar-refractivity contribution in [2.45, 2.75) is 26.2 Å². The normalized spacial score (nSPS) is 11.2. The van der Waals surface area contributed by atoms with E-state index in [0.29, 0.717) is 13.2 Å². The molecule has 0 bridgehead atoms. The fraction of sp³-hybridized carbons (Fsp3) is 0.350. The van der Waals surface area contributed by atoms with E-state index in [1.807, 2.05) is 68.4 Å². The summed E-state index contributed by atoms with van der Waals surface area (Å²) < 4.78 is 18.0. The molecule has 0 atom stereocenters. The molecule has 0 fully saturated rings. The lowest BCUT2D eigenvalue weighted by Gasteiger charge is -2.33. The second-order valence-electron chi connectivity index (χ2n) is 5.54. The van der Waals surface area contributed by atoms with Crippen LogP contribution in [0.4, 0.5) is 4.79 Å². The number of hydrogen-bond donors (Lipinski definition) is 1. The van der Waals surface area contributed by atoms with Crippen LogP contribution >= 0.6 is 15.9 Å². The third-order valence-corrected chi connectivity index (χ3v) is 4.25. The van der Waals surface area contributed by atoms with Crippen LogP contribution in [0.25, 0.3) is 0 Å². The number of ether oxygens (including phenoxy) is 3. The second-order valence-corrected chi connectivity index (χ2v) is 6.46. The van der Waals surface area contributed by atoms with Crippen molar-refractivity contribution in [2.24, 2.45) is 0 Å². The number of carbonyl (C=O) groups excluding carboxylic acids is 1.